The highest BCUT2D eigenvalue weighted by molar-refractivity contribution is 7.10. The van der Waals surface area contributed by atoms with Gasteiger partial charge in [-0.15, -0.1) is 11.3 Å². The minimum Gasteiger partial charge on any atom is -0.339 e. The van der Waals surface area contributed by atoms with Gasteiger partial charge in [0.2, 0.25) is 11.8 Å². The zero-order valence-electron chi connectivity index (χ0n) is 17.1. The Balaban J connectivity index is 1.13. The van der Waals surface area contributed by atoms with Gasteiger partial charge in [-0.1, -0.05) is 6.07 Å². The second-order valence-electron chi connectivity index (χ2n) is 8.28. The second-order valence-corrected chi connectivity index (χ2v) is 9.26. The van der Waals surface area contributed by atoms with Crippen molar-refractivity contribution in [2.45, 2.75) is 19.3 Å². The lowest BCUT2D eigenvalue weighted by Crippen LogP contribution is -2.39. The minimum atomic E-state index is 0.0391. The number of aromatic nitrogens is 2. The van der Waals surface area contributed by atoms with Gasteiger partial charge in [0.1, 0.15) is 0 Å². The molecule has 158 valence electrons. The molecule has 2 aliphatic rings. The molecule has 1 atom stereocenters. The van der Waals surface area contributed by atoms with Gasteiger partial charge in [0.05, 0.1) is 5.69 Å². The number of benzene rings is 1. The summed E-state index contributed by atoms with van der Waals surface area (Å²) < 4.78 is 1.78. The van der Waals surface area contributed by atoms with Crippen LogP contribution < -0.4 is 5.32 Å². The van der Waals surface area contributed by atoms with E-state index in [2.05, 4.69) is 10.4 Å². The van der Waals surface area contributed by atoms with Crippen LogP contribution in [-0.2, 0) is 9.59 Å². The number of carbonyl (C=O) groups excluding carboxylic acids is 2. The fourth-order valence-electron chi connectivity index (χ4n) is 4.44. The number of likely N-dealkylation sites (tertiary alicyclic amines) is 1. The third kappa shape index (κ3) is 4.18. The van der Waals surface area contributed by atoms with Gasteiger partial charge in [0.15, 0.2) is 0 Å². The van der Waals surface area contributed by atoms with Gasteiger partial charge in [-0.2, -0.15) is 5.10 Å². The number of hydrogen-bond donors (Lipinski definition) is 1. The smallest absolute Gasteiger partial charge is 0.246 e. The Bertz CT molecular complexity index is 1080. The molecule has 2 aromatic heterocycles. The summed E-state index contributed by atoms with van der Waals surface area (Å²) >= 11 is 1.62. The molecule has 2 amide bonds. The Kier molecular flexibility index (Phi) is 5.19. The molecule has 2 fully saturated rings. The van der Waals surface area contributed by atoms with Crippen molar-refractivity contribution in [3.8, 4) is 5.69 Å². The number of nitrogens with zero attached hydrogens (tertiary/aromatic N) is 3. The minimum absolute atomic E-state index is 0.0391. The van der Waals surface area contributed by atoms with E-state index in [-0.39, 0.29) is 23.1 Å². The molecule has 1 N–H and O–H groups in total. The normalized spacial score (nSPS) is 19.6. The first-order valence-corrected chi connectivity index (χ1v) is 11.4. The van der Waals surface area contributed by atoms with E-state index in [0.29, 0.717) is 0 Å². The lowest BCUT2D eigenvalue weighted by molar-refractivity contribution is -0.127. The number of hydrogen-bond acceptors (Lipinski definition) is 4. The lowest BCUT2D eigenvalue weighted by Gasteiger charge is -2.32. The topological polar surface area (TPSA) is 67.2 Å². The zero-order valence-corrected chi connectivity index (χ0v) is 17.9. The summed E-state index contributed by atoms with van der Waals surface area (Å²) in [4.78, 5) is 28.2. The summed E-state index contributed by atoms with van der Waals surface area (Å²) in [5.41, 5.74) is 1.82. The molecular formula is C24H24N4O2S. The third-order valence-electron chi connectivity index (χ3n) is 6.41. The van der Waals surface area contributed by atoms with Gasteiger partial charge >= 0.3 is 0 Å². The highest BCUT2D eigenvalue weighted by Gasteiger charge is 2.58. The van der Waals surface area contributed by atoms with E-state index in [0.717, 1.165) is 48.6 Å². The molecule has 5 rings (SSSR count). The van der Waals surface area contributed by atoms with Crippen LogP contribution in [0.25, 0.3) is 11.8 Å². The van der Waals surface area contributed by atoms with Crippen LogP contribution in [0.1, 0.15) is 24.1 Å². The van der Waals surface area contributed by atoms with Crippen LogP contribution in [0, 0.1) is 11.3 Å². The number of rotatable bonds is 5. The fourth-order valence-corrected chi connectivity index (χ4v) is 5.05. The van der Waals surface area contributed by atoms with Crippen molar-refractivity contribution in [2.75, 3.05) is 18.4 Å². The standard InChI is InChI=1S/C24H24N4O2S/c29-22(9-8-20-3-1-16-31-20)27-14-10-24(11-15-27)17-21(24)23(30)26-18-4-6-19(7-5-18)28-13-2-12-25-28/h1-9,12-13,16,21H,10-11,14-15,17H2,(H,26,30)/b9-8+. The van der Waals surface area contributed by atoms with Crippen LogP contribution in [0.5, 0.6) is 0 Å². The van der Waals surface area contributed by atoms with E-state index >= 15 is 0 Å². The number of nitrogens with one attached hydrogen (secondary N) is 1. The van der Waals surface area contributed by atoms with Crippen molar-refractivity contribution in [3.05, 3.63) is 71.2 Å². The summed E-state index contributed by atoms with van der Waals surface area (Å²) in [6.07, 6.45) is 9.86. The zero-order chi connectivity index (χ0) is 21.3. The molecule has 1 aromatic carbocycles. The van der Waals surface area contributed by atoms with Crippen molar-refractivity contribution in [2.24, 2.45) is 11.3 Å². The highest BCUT2D eigenvalue weighted by atomic mass is 32.1. The predicted molar refractivity (Wildman–Crippen MR) is 122 cm³/mol. The van der Waals surface area contributed by atoms with E-state index in [1.54, 1.807) is 28.3 Å². The maximum Gasteiger partial charge on any atom is 0.246 e. The maximum absolute atomic E-state index is 12.8. The molecule has 7 heteroatoms. The Morgan fingerprint density at radius 1 is 1.13 bits per heavy atom. The Hall–Kier alpha value is -3.19. The Morgan fingerprint density at radius 3 is 2.61 bits per heavy atom. The van der Waals surface area contributed by atoms with Crippen molar-refractivity contribution < 1.29 is 9.59 Å². The SMILES string of the molecule is O=C(Nc1ccc(-n2cccn2)cc1)C1CC12CCN(C(=O)/C=C/c1cccs1)CC2. The number of piperidine rings is 1. The van der Waals surface area contributed by atoms with Gasteiger partial charge in [-0.05, 0) is 72.5 Å². The van der Waals surface area contributed by atoms with Crippen molar-refractivity contribution >= 4 is 34.9 Å². The Morgan fingerprint density at radius 2 is 1.94 bits per heavy atom. The number of thiophene rings is 1. The van der Waals surface area contributed by atoms with Crippen LogP contribution in [0.2, 0.25) is 0 Å². The summed E-state index contributed by atoms with van der Waals surface area (Å²) in [5, 5.41) is 9.27. The van der Waals surface area contributed by atoms with Crippen molar-refractivity contribution in [1.82, 2.24) is 14.7 Å². The Labute approximate surface area is 185 Å². The van der Waals surface area contributed by atoms with E-state index in [1.807, 2.05) is 65.0 Å². The van der Waals surface area contributed by atoms with E-state index in [9.17, 15) is 9.59 Å². The van der Waals surface area contributed by atoms with Crippen LogP contribution in [0.15, 0.2) is 66.3 Å². The molecule has 0 bridgehead atoms. The van der Waals surface area contributed by atoms with Crippen LogP contribution >= 0.6 is 11.3 Å². The molecule has 1 spiro atoms. The average molecular weight is 433 g/mol. The van der Waals surface area contributed by atoms with E-state index in [1.165, 1.54) is 0 Å². The van der Waals surface area contributed by atoms with Gasteiger partial charge in [0, 0.05) is 48.0 Å². The molecule has 1 unspecified atom stereocenters. The summed E-state index contributed by atoms with van der Waals surface area (Å²) in [5.74, 6) is 0.184. The quantitative estimate of drug-likeness (QED) is 0.614. The van der Waals surface area contributed by atoms with Gasteiger partial charge in [-0.3, -0.25) is 9.59 Å². The van der Waals surface area contributed by atoms with E-state index in [4.69, 9.17) is 0 Å². The molecule has 6 nitrogen and oxygen atoms in total. The van der Waals surface area contributed by atoms with Gasteiger partial charge < -0.3 is 10.2 Å². The first-order chi connectivity index (χ1) is 15.1. The fraction of sp³-hybridized carbons (Fsp3) is 0.292. The van der Waals surface area contributed by atoms with Gasteiger partial charge in [-0.25, -0.2) is 4.68 Å². The first kappa shape index (κ1) is 19.8. The van der Waals surface area contributed by atoms with Crippen molar-refractivity contribution in [1.29, 1.82) is 0 Å². The molecule has 31 heavy (non-hydrogen) atoms. The van der Waals surface area contributed by atoms with Crippen LogP contribution in [-0.4, -0.2) is 39.6 Å². The van der Waals surface area contributed by atoms with Crippen molar-refractivity contribution in [3.63, 3.8) is 0 Å². The largest absolute Gasteiger partial charge is 0.339 e. The lowest BCUT2D eigenvalue weighted by atomic mass is 9.90. The van der Waals surface area contributed by atoms with Gasteiger partial charge in [0.25, 0.3) is 0 Å². The molecule has 1 saturated heterocycles. The number of carbonyl (C=O) groups is 2. The van der Waals surface area contributed by atoms with Crippen LogP contribution in [0.4, 0.5) is 5.69 Å². The molecule has 0 radical (unpaired) electrons. The monoisotopic (exact) mass is 432 g/mol. The molecule has 3 heterocycles. The summed E-state index contributed by atoms with van der Waals surface area (Å²) in [6.45, 7) is 1.44. The highest BCUT2D eigenvalue weighted by Crippen LogP contribution is 2.59. The predicted octanol–water partition coefficient (Wildman–Crippen LogP) is 4.21. The summed E-state index contributed by atoms with van der Waals surface area (Å²) in [6, 6.07) is 13.6. The third-order valence-corrected chi connectivity index (χ3v) is 7.25. The molecule has 1 saturated carbocycles. The molecular weight excluding hydrogens is 408 g/mol. The molecule has 3 aromatic rings. The summed E-state index contributed by atoms with van der Waals surface area (Å²) in [7, 11) is 0. The number of anilines is 1. The number of amides is 2. The molecule has 1 aliphatic carbocycles. The van der Waals surface area contributed by atoms with Crippen LogP contribution in [0.3, 0.4) is 0 Å². The first-order valence-electron chi connectivity index (χ1n) is 10.5. The molecule has 1 aliphatic heterocycles. The maximum atomic E-state index is 12.8. The second kappa shape index (κ2) is 8.15. The van der Waals surface area contributed by atoms with E-state index < -0.39 is 0 Å². The average Bonchev–Trinajstić information content (AvgIpc) is 3.20.